The molecule has 0 aliphatic carbocycles. The lowest BCUT2D eigenvalue weighted by Crippen LogP contribution is -2.32. The number of anilines is 2. The first-order valence-corrected chi connectivity index (χ1v) is 12.8. The molecule has 0 bridgehead atoms. The first kappa shape index (κ1) is 25.5. The number of rotatable bonds is 9. The van der Waals surface area contributed by atoms with Crippen LogP contribution in [0.1, 0.15) is 30.1 Å². The van der Waals surface area contributed by atoms with Crippen LogP contribution in [0.25, 0.3) is 10.9 Å². The third-order valence-electron chi connectivity index (χ3n) is 6.83. The fourth-order valence-corrected chi connectivity index (χ4v) is 4.53. The minimum Gasteiger partial charge on any atom is -0.493 e. The van der Waals surface area contributed by atoms with Gasteiger partial charge < -0.3 is 24.4 Å². The van der Waals surface area contributed by atoms with Crippen LogP contribution < -0.4 is 19.5 Å². The van der Waals surface area contributed by atoms with E-state index in [9.17, 15) is 4.79 Å². The van der Waals surface area contributed by atoms with E-state index in [2.05, 4.69) is 27.2 Å². The monoisotopic (exact) mass is 512 g/mol. The standard InChI is InChI=1S/C30H32N4O4/c1-20(35)22-5-4-6-25(15-22)38-24-9-7-23(8-10-24)33-30-26-16-28(36-3)29(17-27(26)31-19-32-30)37-18-21-11-13-34(2)14-12-21/h4-10,15-17,19,21H,11-14,18H2,1-3H3,(H,31,32,33). The number of Topliss-reactive ketones (excluding diaryl/α,β-unsaturated/α-hetero) is 1. The van der Waals surface area contributed by atoms with Gasteiger partial charge in [-0.3, -0.25) is 4.79 Å². The summed E-state index contributed by atoms with van der Waals surface area (Å²) in [5, 5.41) is 4.20. The van der Waals surface area contributed by atoms with Gasteiger partial charge in [0.05, 0.1) is 19.2 Å². The van der Waals surface area contributed by atoms with Crippen LogP contribution in [0.5, 0.6) is 23.0 Å². The zero-order valence-corrected chi connectivity index (χ0v) is 21.9. The third-order valence-corrected chi connectivity index (χ3v) is 6.83. The molecule has 1 fully saturated rings. The molecule has 38 heavy (non-hydrogen) atoms. The minimum absolute atomic E-state index is 0.000331. The number of ketones is 1. The van der Waals surface area contributed by atoms with E-state index in [0.717, 1.165) is 42.5 Å². The molecule has 0 atom stereocenters. The van der Waals surface area contributed by atoms with Gasteiger partial charge in [-0.1, -0.05) is 12.1 Å². The van der Waals surface area contributed by atoms with Gasteiger partial charge in [0.2, 0.25) is 0 Å². The van der Waals surface area contributed by atoms with Gasteiger partial charge in [0.25, 0.3) is 0 Å². The van der Waals surface area contributed by atoms with E-state index in [1.54, 1.807) is 19.2 Å². The highest BCUT2D eigenvalue weighted by Crippen LogP contribution is 2.35. The van der Waals surface area contributed by atoms with Crippen LogP contribution in [0.15, 0.2) is 67.0 Å². The van der Waals surface area contributed by atoms with Crippen LogP contribution in [-0.4, -0.2) is 54.5 Å². The Bertz CT molecular complexity index is 1420. The quantitative estimate of drug-likeness (QED) is 0.269. The smallest absolute Gasteiger partial charge is 0.163 e. The number of benzene rings is 3. The van der Waals surface area contributed by atoms with E-state index in [4.69, 9.17) is 14.2 Å². The molecular weight excluding hydrogens is 480 g/mol. The van der Waals surface area contributed by atoms with Crippen molar-refractivity contribution in [3.63, 3.8) is 0 Å². The molecule has 8 nitrogen and oxygen atoms in total. The number of hydrogen-bond donors (Lipinski definition) is 1. The summed E-state index contributed by atoms with van der Waals surface area (Å²) < 4.78 is 17.8. The number of aromatic nitrogens is 2. The Morgan fingerprint density at radius 1 is 1.00 bits per heavy atom. The number of hydrogen-bond acceptors (Lipinski definition) is 8. The van der Waals surface area contributed by atoms with Crippen LogP contribution in [0.4, 0.5) is 11.5 Å². The Balaban J connectivity index is 1.30. The lowest BCUT2D eigenvalue weighted by Gasteiger charge is -2.28. The molecule has 0 spiro atoms. The first-order chi connectivity index (χ1) is 18.5. The normalized spacial score (nSPS) is 14.3. The average Bonchev–Trinajstić information content (AvgIpc) is 2.93. The molecule has 5 rings (SSSR count). The van der Waals surface area contributed by atoms with Crippen LogP contribution in [-0.2, 0) is 0 Å². The summed E-state index contributed by atoms with van der Waals surface area (Å²) in [6.07, 6.45) is 3.81. The molecule has 1 aromatic heterocycles. The number of nitrogens with one attached hydrogen (secondary N) is 1. The van der Waals surface area contributed by atoms with Crippen molar-refractivity contribution in [2.75, 3.05) is 39.2 Å². The van der Waals surface area contributed by atoms with Crippen molar-refractivity contribution in [1.29, 1.82) is 0 Å². The second kappa shape index (κ2) is 11.5. The molecule has 0 unspecified atom stereocenters. The molecule has 0 radical (unpaired) electrons. The molecule has 4 aromatic rings. The second-order valence-electron chi connectivity index (χ2n) is 9.64. The highest BCUT2D eigenvalue weighted by atomic mass is 16.5. The Labute approximate surface area is 222 Å². The van der Waals surface area contributed by atoms with Crippen LogP contribution in [0.2, 0.25) is 0 Å². The summed E-state index contributed by atoms with van der Waals surface area (Å²) in [6.45, 7) is 4.41. The van der Waals surface area contributed by atoms with Crippen molar-refractivity contribution in [3.8, 4) is 23.0 Å². The van der Waals surface area contributed by atoms with Crippen LogP contribution in [0, 0.1) is 5.92 Å². The lowest BCUT2D eigenvalue weighted by atomic mass is 9.98. The maximum absolute atomic E-state index is 11.6. The van der Waals surface area contributed by atoms with Crippen molar-refractivity contribution in [1.82, 2.24) is 14.9 Å². The lowest BCUT2D eigenvalue weighted by molar-refractivity contribution is 0.101. The van der Waals surface area contributed by atoms with E-state index in [1.165, 1.54) is 13.3 Å². The van der Waals surface area contributed by atoms with E-state index >= 15 is 0 Å². The van der Waals surface area contributed by atoms with E-state index in [0.29, 0.717) is 46.9 Å². The summed E-state index contributed by atoms with van der Waals surface area (Å²) in [5.74, 6) is 3.83. The molecule has 196 valence electrons. The number of nitrogens with zero attached hydrogens (tertiary/aromatic N) is 3. The molecule has 0 saturated carbocycles. The summed E-state index contributed by atoms with van der Waals surface area (Å²) in [6, 6.07) is 18.5. The Hall–Kier alpha value is -4.17. The number of carbonyl (C=O) groups excluding carboxylic acids is 1. The molecule has 2 heterocycles. The maximum atomic E-state index is 11.6. The summed E-state index contributed by atoms with van der Waals surface area (Å²) in [5.41, 5.74) is 2.23. The predicted molar refractivity (Wildman–Crippen MR) is 148 cm³/mol. The molecular formula is C30H32N4O4. The topological polar surface area (TPSA) is 85.8 Å². The molecule has 1 aliphatic heterocycles. The molecule has 8 heteroatoms. The van der Waals surface area contributed by atoms with Gasteiger partial charge in [-0.2, -0.15) is 0 Å². The number of methoxy groups -OCH3 is 1. The zero-order chi connectivity index (χ0) is 26.5. The number of carbonyl (C=O) groups is 1. The summed E-state index contributed by atoms with van der Waals surface area (Å²) >= 11 is 0. The Morgan fingerprint density at radius 2 is 1.79 bits per heavy atom. The highest BCUT2D eigenvalue weighted by Gasteiger charge is 2.19. The SMILES string of the molecule is COc1cc2c(Nc3ccc(Oc4cccc(C(C)=O)c4)cc3)ncnc2cc1OCC1CCN(C)CC1. The molecule has 1 aliphatic rings. The number of likely N-dealkylation sites (tertiary alicyclic amines) is 1. The van der Waals surface area contributed by atoms with Crippen molar-refractivity contribution in [2.24, 2.45) is 5.92 Å². The van der Waals surface area contributed by atoms with Crippen LogP contribution in [0.3, 0.4) is 0 Å². The third kappa shape index (κ3) is 6.03. The molecule has 0 amide bonds. The predicted octanol–water partition coefficient (Wildman–Crippen LogP) is 6.10. The van der Waals surface area contributed by atoms with Crippen LogP contribution >= 0.6 is 0 Å². The highest BCUT2D eigenvalue weighted by molar-refractivity contribution is 5.94. The summed E-state index contributed by atoms with van der Waals surface area (Å²) in [4.78, 5) is 22.9. The number of fused-ring (bicyclic) bond motifs is 1. The zero-order valence-electron chi connectivity index (χ0n) is 21.9. The van der Waals surface area contributed by atoms with Gasteiger partial charge in [0, 0.05) is 22.7 Å². The van der Waals surface area contributed by atoms with Gasteiger partial charge in [0.1, 0.15) is 23.6 Å². The largest absolute Gasteiger partial charge is 0.493 e. The number of piperidine rings is 1. The molecule has 3 aromatic carbocycles. The molecule has 1 saturated heterocycles. The summed E-state index contributed by atoms with van der Waals surface area (Å²) in [7, 11) is 3.80. The van der Waals surface area contributed by atoms with E-state index in [-0.39, 0.29) is 5.78 Å². The maximum Gasteiger partial charge on any atom is 0.163 e. The van der Waals surface area contributed by atoms with Gasteiger partial charge in [-0.05, 0) is 88.3 Å². The second-order valence-corrected chi connectivity index (χ2v) is 9.64. The van der Waals surface area contributed by atoms with Crippen molar-refractivity contribution in [3.05, 3.63) is 72.6 Å². The van der Waals surface area contributed by atoms with Gasteiger partial charge in [-0.15, -0.1) is 0 Å². The minimum atomic E-state index is -0.000331. The Kier molecular flexibility index (Phi) is 7.70. The molecule has 1 N–H and O–H groups in total. The Morgan fingerprint density at radius 3 is 2.53 bits per heavy atom. The van der Waals surface area contributed by atoms with Gasteiger partial charge >= 0.3 is 0 Å². The van der Waals surface area contributed by atoms with Crippen molar-refractivity contribution < 1.29 is 19.0 Å². The number of ether oxygens (including phenoxy) is 3. The van der Waals surface area contributed by atoms with E-state index in [1.807, 2.05) is 48.5 Å². The fourth-order valence-electron chi connectivity index (χ4n) is 4.53. The first-order valence-electron chi connectivity index (χ1n) is 12.8. The van der Waals surface area contributed by atoms with E-state index < -0.39 is 0 Å². The van der Waals surface area contributed by atoms with Gasteiger partial charge in [0.15, 0.2) is 17.3 Å². The van der Waals surface area contributed by atoms with Crippen molar-refractivity contribution in [2.45, 2.75) is 19.8 Å². The average molecular weight is 513 g/mol. The fraction of sp³-hybridized carbons (Fsp3) is 0.300. The van der Waals surface area contributed by atoms with Crippen molar-refractivity contribution >= 4 is 28.2 Å². The van der Waals surface area contributed by atoms with Gasteiger partial charge in [-0.25, -0.2) is 9.97 Å².